The smallest absolute Gasteiger partial charge is 0.296 e. The predicted octanol–water partition coefficient (Wildman–Crippen LogP) is 6.32. The van der Waals surface area contributed by atoms with E-state index >= 15 is 0 Å². The van der Waals surface area contributed by atoms with Crippen molar-refractivity contribution >= 4 is 51.8 Å². The molecule has 0 spiro atoms. The third-order valence-corrected chi connectivity index (χ3v) is 7.25. The quantitative estimate of drug-likeness (QED) is 0.413. The van der Waals surface area contributed by atoms with Gasteiger partial charge in [-0.3, -0.25) is 19.5 Å². The maximum Gasteiger partial charge on any atom is 0.296 e. The molecule has 2 aliphatic rings. The van der Waals surface area contributed by atoms with Crippen molar-refractivity contribution in [3.05, 3.63) is 105 Å². The summed E-state index contributed by atoms with van der Waals surface area (Å²) in [6.07, 6.45) is 0. The molecule has 1 aromatic heterocycles. The Labute approximate surface area is 209 Å². The number of aliphatic imine (C=N–C) groups is 1. The molecule has 0 saturated carbocycles. The highest BCUT2D eigenvalue weighted by Gasteiger charge is 2.47. The van der Waals surface area contributed by atoms with Gasteiger partial charge in [-0.05, 0) is 54.4 Å². The van der Waals surface area contributed by atoms with Crippen LogP contribution in [0.5, 0.6) is 0 Å². The van der Waals surface area contributed by atoms with Crippen molar-refractivity contribution in [3.63, 3.8) is 0 Å². The summed E-state index contributed by atoms with van der Waals surface area (Å²) in [7, 11) is 0. The summed E-state index contributed by atoms with van der Waals surface area (Å²) in [6.45, 7) is 1.72. The molecule has 5 rings (SSSR count). The van der Waals surface area contributed by atoms with Crippen LogP contribution >= 0.6 is 35.0 Å². The van der Waals surface area contributed by atoms with E-state index in [1.54, 1.807) is 49.4 Å². The van der Waals surface area contributed by atoms with Crippen molar-refractivity contribution in [3.8, 4) is 0 Å². The van der Waals surface area contributed by atoms with Crippen LogP contribution in [0.25, 0.3) is 0 Å². The monoisotopic (exact) mass is 512 g/mol. The first-order valence-electron chi connectivity index (χ1n) is 10.4. The minimum atomic E-state index is -0.877. The predicted molar refractivity (Wildman–Crippen MR) is 133 cm³/mol. The summed E-state index contributed by atoms with van der Waals surface area (Å²) in [5.74, 6) is -0.650. The van der Waals surface area contributed by atoms with Gasteiger partial charge in [0.1, 0.15) is 5.76 Å². The lowest BCUT2D eigenvalue weighted by atomic mass is 9.95. The van der Waals surface area contributed by atoms with Crippen molar-refractivity contribution in [1.29, 1.82) is 0 Å². The fourth-order valence-electron chi connectivity index (χ4n) is 4.03. The van der Waals surface area contributed by atoms with Gasteiger partial charge in [-0.1, -0.05) is 59.2 Å². The molecule has 0 fully saturated rings. The Balaban J connectivity index is 1.57. The number of aliphatic hydroxyl groups excluding tert-OH is 1. The van der Waals surface area contributed by atoms with Crippen LogP contribution in [0.3, 0.4) is 0 Å². The second kappa shape index (κ2) is 8.98. The lowest BCUT2D eigenvalue weighted by Gasteiger charge is -2.25. The van der Waals surface area contributed by atoms with Crippen LogP contribution in [-0.2, 0) is 4.79 Å². The second-order valence-corrected chi connectivity index (χ2v) is 9.78. The summed E-state index contributed by atoms with van der Waals surface area (Å²) in [4.78, 5) is 32.8. The summed E-state index contributed by atoms with van der Waals surface area (Å²) < 4.78 is 5.50. The SMILES string of the molecule is Cc1ccc(C(=O)C2=C(O)C(=O)N(C3=NC(c4ccc(Cl)cc4)CS3)C2c2ccc(Cl)cc2)o1. The Bertz CT molecular complexity index is 1350. The van der Waals surface area contributed by atoms with Crippen LogP contribution in [0.1, 0.15) is 39.5 Å². The van der Waals surface area contributed by atoms with Crippen molar-refractivity contribution in [2.75, 3.05) is 5.75 Å². The number of halogens is 2. The molecule has 6 nitrogen and oxygen atoms in total. The first-order chi connectivity index (χ1) is 16.3. The van der Waals surface area contributed by atoms with Crippen molar-refractivity contribution < 1.29 is 19.1 Å². The summed E-state index contributed by atoms with van der Waals surface area (Å²) >= 11 is 13.5. The number of Topliss-reactive ketones (excluding diaryl/α,β-unsaturated/α-hetero) is 1. The van der Waals surface area contributed by atoms with E-state index in [2.05, 4.69) is 0 Å². The Hall–Kier alpha value is -3.00. The van der Waals surface area contributed by atoms with Gasteiger partial charge >= 0.3 is 0 Å². The van der Waals surface area contributed by atoms with Gasteiger partial charge in [0.05, 0.1) is 17.7 Å². The first-order valence-corrected chi connectivity index (χ1v) is 12.2. The Morgan fingerprint density at radius 1 is 1.03 bits per heavy atom. The zero-order chi connectivity index (χ0) is 24.0. The number of rotatable bonds is 4. The number of ketones is 1. The van der Waals surface area contributed by atoms with E-state index in [4.69, 9.17) is 32.6 Å². The van der Waals surface area contributed by atoms with Crippen LogP contribution in [-0.4, -0.2) is 32.6 Å². The zero-order valence-electron chi connectivity index (χ0n) is 17.9. The average Bonchev–Trinajstić information content (AvgIpc) is 3.54. The summed E-state index contributed by atoms with van der Waals surface area (Å²) in [6, 6.07) is 16.3. The maximum absolute atomic E-state index is 13.4. The Morgan fingerprint density at radius 3 is 2.24 bits per heavy atom. The van der Waals surface area contributed by atoms with Gasteiger partial charge in [0.2, 0.25) is 5.78 Å². The number of nitrogens with zero attached hydrogens (tertiary/aromatic N) is 2. The highest BCUT2D eigenvalue weighted by molar-refractivity contribution is 8.14. The number of amides is 1. The molecule has 0 radical (unpaired) electrons. The molecule has 9 heteroatoms. The van der Waals surface area contributed by atoms with E-state index in [0.717, 1.165) is 5.56 Å². The van der Waals surface area contributed by atoms with E-state index in [0.29, 0.717) is 32.3 Å². The van der Waals surface area contributed by atoms with E-state index in [1.165, 1.54) is 22.7 Å². The van der Waals surface area contributed by atoms with Crippen molar-refractivity contribution in [1.82, 2.24) is 4.90 Å². The number of amidine groups is 1. The van der Waals surface area contributed by atoms with Crippen LogP contribution in [0.4, 0.5) is 0 Å². The van der Waals surface area contributed by atoms with Crippen molar-refractivity contribution in [2.45, 2.75) is 19.0 Å². The van der Waals surface area contributed by atoms with Crippen molar-refractivity contribution in [2.24, 2.45) is 4.99 Å². The fraction of sp³-hybridized carbons (Fsp3) is 0.160. The molecular weight excluding hydrogens is 495 g/mol. The molecule has 1 N–H and O–H groups in total. The molecule has 2 aromatic carbocycles. The molecule has 3 heterocycles. The number of carbonyl (C=O) groups excluding carboxylic acids is 2. The van der Waals surface area contributed by atoms with E-state index < -0.39 is 23.5 Å². The molecule has 0 saturated heterocycles. The lowest BCUT2D eigenvalue weighted by Crippen LogP contribution is -2.34. The highest BCUT2D eigenvalue weighted by Crippen LogP contribution is 2.44. The normalized spacial score (nSPS) is 20.3. The van der Waals surface area contributed by atoms with Gasteiger partial charge < -0.3 is 9.52 Å². The lowest BCUT2D eigenvalue weighted by molar-refractivity contribution is -0.125. The summed E-state index contributed by atoms with van der Waals surface area (Å²) in [5.41, 5.74) is 1.52. The minimum Gasteiger partial charge on any atom is -0.503 e. The molecule has 3 aromatic rings. The third kappa shape index (κ3) is 4.04. The standard InChI is InChI=1S/C25H18Cl2N2O4S/c1-13-2-11-19(33-13)22(30)20-21(15-5-9-17(27)10-6-15)29(24(32)23(20)31)25-28-18(12-34-25)14-3-7-16(26)8-4-14/h2-11,18,21,31H,12H2,1H3. The number of aryl methyl sites for hydroxylation is 1. The molecule has 2 aliphatic heterocycles. The van der Waals surface area contributed by atoms with E-state index in [1.807, 2.05) is 12.1 Å². The molecule has 0 aliphatic carbocycles. The van der Waals surface area contributed by atoms with E-state index in [-0.39, 0.29) is 17.4 Å². The second-order valence-electron chi connectivity index (χ2n) is 7.92. The molecule has 172 valence electrons. The number of carbonyl (C=O) groups is 2. The van der Waals surface area contributed by atoms with E-state index in [9.17, 15) is 14.7 Å². The Kier molecular flexibility index (Phi) is 6.02. The topological polar surface area (TPSA) is 83.1 Å². The van der Waals surface area contributed by atoms with Gasteiger partial charge in [0.25, 0.3) is 5.91 Å². The third-order valence-electron chi connectivity index (χ3n) is 5.70. The number of thioether (sulfide) groups is 1. The van der Waals surface area contributed by atoms with Crippen LogP contribution in [0.15, 0.2) is 81.4 Å². The molecule has 2 unspecified atom stereocenters. The molecule has 34 heavy (non-hydrogen) atoms. The van der Waals surface area contributed by atoms with Gasteiger partial charge in [0, 0.05) is 15.8 Å². The largest absolute Gasteiger partial charge is 0.503 e. The molecular formula is C25H18Cl2N2O4S. The zero-order valence-corrected chi connectivity index (χ0v) is 20.2. The first kappa shape index (κ1) is 22.8. The van der Waals surface area contributed by atoms with Crippen LogP contribution < -0.4 is 0 Å². The average molecular weight is 513 g/mol. The summed E-state index contributed by atoms with van der Waals surface area (Å²) in [5, 5.41) is 12.4. The fourth-order valence-corrected chi connectivity index (χ4v) is 5.39. The molecule has 0 bridgehead atoms. The van der Waals surface area contributed by atoms with Crippen LogP contribution in [0, 0.1) is 6.92 Å². The number of benzene rings is 2. The van der Waals surface area contributed by atoms with Crippen LogP contribution in [0.2, 0.25) is 10.0 Å². The maximum atomic E-state index is 13.4. The highest BCUT2D eigenvalue weighted by atomic mass is 35.5. The number of hydrogen-bond donors (Lipinski definition) is 1. The number of hydrogen-bond acceptors (Lipinski definition) is 6. The number of furan rings is 1. The van der Waals surface area contributed by atoms with Gasteiger partial charge in [0.15, 0.2) is 16.7 Å². The molecule has 1 amide bonds. The molecule has 2 atom stereocenters. The van der Waals surface area contributed by atoms with Gasteiger partial charge in [-0.2, -0.15) is 0 Å². The van der Waals surface area contributed by atoms with Gasteiger partial charge in [-0.15, -0.1) is 0 Å². The minimum absolute atomic E-state index is 0.0488. The Morgan fingerprint density at radius 2 is 1.65 bits per heavy atom. The van der Waals surface area contributed by atoms with Gasteiger partial charge in [-0.25, -0.2) is 0 Å². The number of aliphatic hydroxyl groups is 1.